The number of rotatable bonds is 29. The number of ether oxygens (including phenoxy) is 4. The van der Waals surface area contributed by atoms with Gasteiger partial charge in [0, 0.05) is 44.2 Å². The first-order valence-electron chi connectivity index (χ1n) is 26.6. The zero-order valence-corrected chi connectivity index (χ0v) is 45.9. The number of hydrogen-bond donors (Lipinski definition) is 11. The van der Waals surface area contributed by atoms with E-state index < -0.39 is 78.2 Å². The summed E-state index contributed by atoms with van der Waals surface area (Å²) in [5, 5.41) is 37.9. The summed E-state index contributed by atoms with van der Waals surface area (Å²) in [7, 11) is 1.86. The number of allylic oxidation sites excluding steroid dienone is 2. The molecule has 0 aromatic heterocycles. The lowest BCUT2D eigenvalue weighted by Gasteiger charge is -2.39. The van der Waals surface area contributed by atoms with Crippen molar-refractivity contribution in [3.8, 4) is 0 Å². The number of unbranched alkanes of at least 4 members (excludes halogenated alkanes) is 2. The molecule has 1 unspecified atom stereocenters. The third kappa shape index (κ3) is 25.1. The largest absolute Gasteiger partial charge is 0.459 e. The molecule has 3 rings (SSSR count). The molecule has 430 valence electrons. The SMILES string of the molecule is CNCCCCCC(=O)NC(C(=O)N[C@@H](CCCNC(N)=O)C(=O)Nc1ccc(COC(=O)NNC(=O)C[C@@H]2C[C@@H](CO)[C@H](O)[C@@H](/C=C/C(C)=C/C[C@@H]3O[C@H](C)[C@H](NC(=O)/C=C\[C@H](C)OC(C)=O)C[C@@H]3C)O2)cc1)C(C)C. The van der Waals surface area contributed by atoms with Gasteiger partial charge in [-0.05, 0) is 115 Å². The van der Waals surface area contributed by atoms with Crippen LogP contribution in [0.5, 0.6) is 0 Å². The van der Waals surface area contributed by atoms with Gasteiger partial charge in [-0.3, -0.25) is 34.2 Å². The Morgan fingerprint density at radius 3 is 2.26 bits per heavy atom. The van der Waals surface area contributed by atoms with E-state index in [-0.39, 0.29) is 87.3 Å². The van der Waals surface area contributed by atoms with Crippen LogP contribution in [0.3, 0.4) is 0 Å². The fraction of sp³-hybridized carbons (Fsp3) is 0.630. The summed E-state index contributed by atoms with van der Waals surface area (Å²) in [6.07, 6.45) is 8.37. The molecule has 77 heavy (non-hydrogen) atoms. The molecule has 0 bridgehead atoms. The normalized spacial score (nSPS) is 22.8. The number of hydrogen-bond acceptors (Lipinski definition) is 15. The molecule has 8 amide bonds. The van der Waals surface area contributed by atoms with E-state index in [1.807, 2.05) is 27.0 Å². The number of esters is 1. The first-order valence-corrected chi connectivity index (χ1v) is 26.6. The van der Waals surface area contributed by atoms with Gasteiger partial charge in [0.25, 0.3) is 0 Å². The third-order valence-corrected chi connectivity index (χ3v) is 13.1. The number of carbonyl (C=O) groups excluding carboxylic acids is 8. The summed E-state index contributed by atoms with van der Waals surface area (Å²) in [5.41, 5.74) is 11.5. The van der Waals surface area contributed by atoms with Crippen molar-refractivity contribution in [1.29, 1.82) is 0 Å². The van der Waals surface area contributed by atoms with Crippen molar-refractivity contribution in [2.75, 3.05) is 32.1 Å². The van der Waals surface area contributed by atoms with Crippen LogP contribution in [-0.2, 0) is 54.3 Å². The highest BCUT2D eigenvalue weighted by Gasteiger charge is 2.37. The summed E-state index contributed by atoms with van der Waals surface area (Å²) in [4.78, 5) is 100. The smallest absolute Gasteiger partial charge is 0.426 e. The molecule has 2 saturated heterocycles. The molecule has 23 heteroatoms. The van der Waals surface area contributed by atoms with E-state index in [1.165, 1.54) is 19.1 Å². The molecule has 0 saturated carbocycles. The van der Waals surface area contributed by atoms with Crippen molar-refractivity contribution >= 4 is 53.3 Å². The molecule has 0 spiro atoms. The highest BCUT2D eigenvalue weighted by atomic mass is 16.6. The Hall–Kier alpha value is -6.40. The van der Waals surface area contributed by atoms with Gasteiger partial charge < -0.3 is 66.8 Å². The predicted molar refractivity (Wildman–Crippen MR) is 287 cm³/mol. The summed E-state index contributed by atoms with van der Waals surface area (Å²) >= 11 is 0. The second kappa shape index (κ2) is 34.4. The lowest BCUT2D eigenvalue weighted by molar-refractivity contribution is -0.146. The van der Waals surface area contributed by atoms with Gasteiger partial charge in [0.05, 0.1) is 36.9 Å². The molecule has 1 aromatic carbocycles. The van der Waals surface area contributed by atoms with Crippen molar-refractivity contribution in [2.45, 2.75) is 174 Å². The second-order valence-electron chi connectivity index (χ2n) is 20.2. The van der Waals surface area contributed by atoms with Crippen LogP contribution in [0, 0.1) is 17.8 Å². The molecule has 2 aliphatic rings. The average Bonchev–Trinajstić information content (AvgIpc) is 3.37. The Balaban J connectivity index is 1.48. The van der Waals surface area contributed by atoms with Crippen LogP contribution in [0.4, 0.5) is 15.3 Å². The van der Waals surface area contributed by atoms with E-state index >= 15 is 0 Å². The van der Waals surface area contributed by atoms with Crippen molar-refractivity contribution in [3.05, 3.63) is 65.8 Å². The molecule has 2 aliphatic heterocycles. The van der Waals surface area contributed by atoms with Gasteiger partial charge in [0.2, 0.25) is 29.5 Å². The maximum absolute atomic E-state index is 13.5. The number of urea groups is 1. The Labute approximate surface area is 452 Å². The molecule has 2 fully saturated rings. The minimum Gasteiger partial charge on any atom is -0.459 e. The van der Waals surface area contributed by atoms with Crippen molar-refractivity contribution in [1.82, 2.24) is 37.4 Å². The fourth-order valence-corrected chi connectivity index (χ4v) is 8.73. The Bertz CT molecular complexity index is 2170. The van der Waals surface area contributed by atoms with Crippen molar-refractivity contribution in [3.63, 3.8) is 0 Å². The van der Waals surface area contributed by atoms with Gasteiger partial charge in [-0.2, -0.15) is 0 Å². The molecule has 1 aromatic rings. The number of amides is 8. The fourth-order valence-electron chi connectivity index (χ4n) is 8.73. The molecule has 12 N–H and O–H groups in total. The highest BCUT2D eigenvalue weighted by molar-refractivity contribution is 5.98. The number of hydrazine groups is 1. The predicted octanol–water partition coefficient (Wildman–Crippen LogP) is 2.95. The lowest BCUT2D eigenvalue weighted by Crippen LogP contribution is -2.54. The number of nitrogens with one attached hydrogen (secondary N) is 8. The summed E-state index contributed by atoms with van der Waals surface area (Å²) in [5.74, 6) is -3.41. The average molecular weight is 1080 g/mol. The summed E-state index contributed by atoms with van der Waals surface area (Å²) in [6, 6.07) is 3.50. The standard InChI is InChI=1S/C54H85N9O14/c1-32(2)49(61-46(66)14-10-9-11-25-56-8)52(71)60-42(13-12-26-57-53(55)72)51(70)58-40-20-18-38(19-21-40)31-74-54(73)63-62-48(68)29-41-28-39(30-64)50(69)45(77-41)23-16-33(3)15-22-44-34(4)27-43(36(6)76-44)59-47(67)24-17-35(5)75-37(7)65/h15-21,23-24,32,34-36,39,41-45,49-50,56,64,69H,9-14,22,25-31H2,1-8H3,(H,58,70)(H,59,67)(H,60,71)(H,61,66)(H,62,68)(H,63,73)(H3,55,57,72)/b23-16+,24-17-,33-15+/t34-,35-,36+,39-,41-,42-,43+,44-,45+,49?,50-/m0/s1. The van der Waals surface area contributed by atoms with Crippen LogP contribution < -0.4 is 48.5 Å². The van der Waals surface area contributed by atoms with Crippen molar-refractivity contribution < 1.29 is 67.5 Å². The van der Waals surface area contributed by atoms with Crippen LogP contribution in [-0.4, -0.2) is 139 Å². The van der Waals surface area contributed by atoms with Crippen molar-refractivity contribution in [2.24, 2.45) is 23.5 Å². The van der Waals surface area contributed by atoms with E-state index in [1.54, 1.807) is 57.2 Å². The van der Waals surface area contributed by atoms with Gasteiger partial charge in [0.15, 0.2) is 0 Å². The molecule has 0 radical (unpaired) electrons. The zero-order valence-electron chi connectivity index (χ0n) is 45.9. The number of aliphatic hydroxyl groups is 2. The topological polar surface area (TPSA) is 336 Å². The van der Waals surface area contributed by atoms with E-state index in [0.29, 0.717) is 36.9 Å². The maximum atomic E-state index is 13.5. The van der Waals surface area contributed by atoms with Gasteiger partial charge in [-0.1, -0.05) is 63.1 Å². The quantitative estimate of drug-likeness (QED) is 0.0181. The number of aliphatic hydroxyl groups excluding tert-OH is 2. The molecule has 23 nitrogen and oxygen atoms in total. The molecule has 11 atom stereocenters. The summed E-state index contributed by atoms with van der Waals surface area (Å²) in [6.45, 7) is 12.9. The van der Waals surface area contributed by atoms with Crippen LogP contribution in [0.1, 0.15) is 118 Å². The van der Waals surface area contributed by atoms with Crippen LogP contribution in [0.25, 0.3) is 0 Å². The Kier molecular flexibility index (Phi) is 29.0. The van der Waals surface area contributed by atoms with E-state index in [9.17, 15) is 48.6 Å². The lowest BCUT2D eigenvalue weighted by atomic mass is 9.87. The van der Waals surface area contributed by atoms with E-state index in [0.717, 1.165) is 25.0 Å². The first kappa shape index (κ1) is 64.9. The van der Waals surface area contributed by atoms with Crippen LogP contribution >= 0.6 is 0 Å². The Morgan fingerprint density at radius 2 is 1.60 bits per heavy atom. The van der Waals surface area contributed by atoms with Crippen LogP contribution in [0.15, 0.2) is 60.2 Å². The first-order chi connectivity index (χ1) is 36.6. The zero-order chi connectivity index (χ0) is 57.0. The maximum Gasteiger partial charge on any atom is 0.426 e. The van der Waals surface area contributed by atoms with Gasteiger partial charge in [-0.25, -0.2) is 15.0 Å². The number of benzene rings is 1. The highest BCUT2D eigenvalue weighted by Crippen LogP contribution is 2.30. The van der Waals surface area contributed by atoms with Gasteiger partial charge in [0.1, 0.15) is 30.9 Å². The second-order valence-corrected chi connectivity index (χ2v) is 20.2. The molecular formula is C54H85N9O14. The molecular weight excluding hydrogens is 999 g/mol. The minimum absolute atomic E-state index is 0.111. The Morgan fingerprint density at radius 1 is 0.870 bits per heavy atom. The van der Waals surface area contributed by atoms with Gasteiger partial charge >= 0.3 is 18.1 Å². The van der Waals surface area contributed by atoms with Gasteiger partial charge in [-0.15, -0.1) is 0 Å². The third-order valence-electron chi connectivity index (χ3n) is 13.1. The number of primary amides is 1. The molecule has 2 heterocycles. The minimum atomic E-state index is -1.04. The monoisotopic (exact) mass is 1080 g/mol. The van der Waals surface area contributed by atoms with Crippen LogP contribution in [0.2, 0.25) is 0 Å². The molecule has 0 aliphatic carbocycles. The number of nitrogens with two attached hydrogens (primary N) is 1. The van der Waals surface area contributed by atoms with E-state index in [4.69, 9.17) is 24.7 Å². The summed E-state index contributed by atoms with van der Waals surface area (Å²) < 4.78 is 22.7. The number of anilines is 1. The van der Waals surface area contributed by atoms with E-state index in [2.05, 4.69) is 49.7 Å². The number of carbonyl (C=O) groups is 8.